The van der Waals surface area contributed by atoms with Gasteiger partial charge in [0.2, 0.25) is 0 Å². The molecule has 1 aliphatic rings. The highest BCUT2D eigenvalue weighted by atomic mass is 79.9. The zero-order valence-corrected chi connectivity index (χ0v) is 15.7. The highest BCUT2D eigenvalue weighted by Gasteiger charge is 2.34. The summed E-state index contributed by atoms with van der Waals surface area (Å²) in [5.41, 5.74) is 0.195. The molecule has 1 aromatic carbocycles. The molecule has 9 heteroatoms. The molecule has 1 aromatic heterocycles. The zero-order chi connectivity index (χ0) is 17.4. The number of halogens is 3. The Morgan fingerprint density at radius 2 is 1.88 bits per heavy atom. The van der Waals surface area contributed by atoms with Crippen LogP contribution in [-0.4, -0.2) is 16.9 Å². The molecule has 0 unspecified atom stereocenters. The highest BCUT2D eigenvalue weighted by Crippen LogP contribution is 2.29. The number of benzene rings is 1. The van der Waals surface area contributed by atoms with Gasteiger partial charge in [0, 0.05) is 0 Å². The van der Waals surface area contributed by atoms with E-state index in [4.69, 9.17) is 16.6 Å². The van der Waals surface area contributed by atoms with Crippen LogP contribution in [0.3, 0.4) is 0 Å². The first kappa shape index (κ1) is 17.0. The molecule has 0 bridgehead atoms. The Kier molecular flexibility index (Phi) is 4.66. The van der Waals surface area contributed by atoms with E-state index in [1.807, 2.05) is 0 Å². The van der Waals surface area contributed by atoms with Crippen LogP contribution in [0.5, 0.6) is 0 Å². The molecule has 1 fully saturated rings. The number of carbonyl (C=O) groups excluding carboxylic acids is 2. The van der Waals surface area contributed by atoms with E-state index in [2.05, 4.69) is 37.2 Å². The number of hydrogen-bond donors (Lipinski definition) is 1. The number of anilines is 1. The molecular formula is C15H7Br2FN2O3S. The van der Waals surface area contributed by atoms with E-state index in [9.17, 15) is 14.0 Å². The van der Waals surface area contributed by atoms with E-state index < -0.39 is 17.6 Å². The maximum Gasteiger partial charge on any atom is 0.270 e. The number of amides is 2. The third kappa shape index (κ3) is 3.19. The van der Waals surface area contributed by atoms with Gasteiger partial charge in [0.05, 0.1) is 10.2 Å². The first-order chi connectivity index (χ1) is 11.4. The van der Waals surface area contributed by atoms with Crippen LogP contribution in [0.4, 0.5) is 10.1 Å². The Balaban J connectivity index is 2.01. The molecule has 0 spiro atoms. The summed E-state index contributed by atoms with van der Waals surface area (Å²) in [5.74, 6) is -1.40. The lowest BCUT2D eigenvalue weighted by atomic mass is 10.1. The number of carbonyl (C=O) groups is 2. The molecule has 0 saturated carbocycles. The molecule has 24 heavy (non-hydrogen) atoms. The van der Waals surface area contributed by atoms with Gasteiger partial charge in [0.15, 0.2) is 9.78 Å². The summed E-state index contributed by atoms with van der Waals surface area (Å²) < 4.78 is 19.5. The average Bonchev–Trinajstić information content (AvgIpc) is 2.83. The van der Waals surface area contributed by atoms with Gasteiger partial charge in [0.1, 0.15) is 17.2 Å². The van der Waals surface area contributed by atoms with Crippen molar-refractivity contribution in [2.75, 3.05) is 4.90 Å². The van der Waals surface area contributed by atoms with E-state index in [-0.39, 0.29) is 10.7 Å². The van der Waals surface area contributed by atoms with Crippen molar-refractivity contribution in [2.24, 2.45) is 0 Å². The van der Waals surface area contributed by atoms with Crippen LogP contribution in [0.25, 0.3) is 6.08 Å². The normalized spacial score (nSPS) is 16.7. The molecule has 3 rings (SSSR count). The van der Waals surface area contributed by atoms with E-state index in [0.29, 0.717) is 20.6 Å². The summed E-state index contributed by atoms with van der Waals surface area (Å²) in [6.07, 6.45) is 1.31. The maximum absolute atomic E-state index is 13.1. The fraction of sp³-hybridized carbons (Fsp3) is 0. The Hall–Kier alpha value is -1.84. The van der Waals surface area contributed by atoms with Gasteiger partial charge in [-0.05, 0) is 80.5 Å². The third-order valence-electron chi connectivity index (χ3n) is 3.14. The monoisotopic (exact) mass is 472 g/mol. The minimum atomic E-state index is -0.632. The van der Waals surface area contributed by atoms with Crippen molar-refractivity contribution < 1.29 is 18.4 Å². The standard InChI is InChI=1S/C15H7Br2FN2O3S/c16-11-6-9(23-12(11)17)5-10-13(21)19-15(24)20(14(10)22)8-3-1-7(18)2-4-8/h1-6H,(H,19,21,24)/b10-5+. The molecular weight excluding hydrogens is 467 g/mol. The first-order valence-corrected chi connectivity index (χ1v) is 8.48. The molecule has 0 atom stereocenters. The lowest BCUT2D eigenvalue weighted by Crippen LogP contribution is -2.54. The molecule has 1 N–H and O–H groups in total. The molecule has 5 nitrogen and oxygen atoms in total. The van der Waals surface area contributed by atoms with Crippen LogP contribution in [-0.2, 0) is 9.59 Å². The van der Waals surface area contributed by atoms with Gasteiger partial charge in [-0.3, -0.25) is 19.8 Å². The van der Waals surface area contributed by atoms with Crippen molar-refractivity contribution in [3.8, 4) is 0 Å². The second-order valence-electron chi connectivity index (χ2n) is 4.70. The minimum Gasteiger partial charge on any atom is -0.449 e. The first-order valence-electron chi connectivity index (χ1n) is 6.48. The van der Waals surface area contributed by atoms with Gasteiger partial charge in [-0.2, -0.15) is 0 Å². The van der Waals surface area contributed by atoms with Crippen molar-refractivity contribution in [3.05, 3.63) is 56.6 Å². The van der Waals surface area contributed by atoms with Gasteiger partial charge in [-0.25, -0.2) is 4.39 Å². The average molecular weight is 474 g/mol. The number of nitrogens with one attached hydrogen (secondary N) is 1. The van der Waals surface area contributed by atoms with Crippen molar-refractivity contribution in [1.82, 2.24) is 5.32 Å². The Morgan fingerprint density at radius 1 is 1.21 bits per heavy atom. The summed E-state index contributed by atoms with van der Waals surface area (Å²) in [5, 5.41) is 2.36. The van der Waals surface area contributed by atoms with Gasteiger partial charge < -0.3 is 4.42 Å². The second kappa shape index (κ2) is 6.58. The molecule has 0 aliphatic carbocycles. The molecule has 1 saturated heterocycles. The number of nitrogens with zero attached hydrogens (tertiary/aromatic N) is 1. The summed E-state index contributed by atoms with van der Waals surface area (Å²) in [6, 6.07) is 6.80. The maximum atomic E-state index is 13.1. The van der Waals surface area contributed by atoms with Crippen molar-refractivity contribution in [2.45, 2.75) is 0 Å². The fourth-order valence-corrected chi connectivity index (χ4v) is 2.95. The van der Waals surface area contributed by atoms with E-state index in [0.717, 1.165) is 4.90 Å². The highest BCUT2D eigenvalue weighted by molar-refractivity contribution is 9.13. The summed E-state index contributed by atoms with van der Waals surface area (Å²) >= 11 is 11.5. The zero-order valence-electron chi connectivity index (χ0n) is 11.7. The number of furan rings is 1. The van der Waals surface area contributed by atoms with Crippen LogP contribution in [0.1, 0.15) is 5.76 Å². The summed E-state index contributed by atoms with van der Waals surface area (Å²) in [7, 11) is 0. The molecule has 1 aliphatic heterocycles. The number of rotatable bonds is 2. The fourth-order valence-electron chi connectivity index (χ4n) is 2.06. The van der Waals surface area contributed by atoms with E-state index in [1.165, 1.54) is 30.3 Å². The topological polar surface area (TPSA) is 62.6 Å². The third-order valence-corrected chi connectivity index (χ3v) is 5.13. The predicted octanol–water partition coefficient (Wildman–Crippen LogP) is 3.78. The Bertz CT molecular complexity index is 873. The van der Waals surface area contributed by atoms with Crippen LogP contribution in [0.2, 0.25) is 0 Å². The van der Waals surface area contributed by atoms with Crippen LogP contribution in [0, 0.1) is 5.82 Å². The smallest absolute Gasteiger partial charge is 0.270 e. The molecule has 2 aromatic rings. The quantitative estimate of drug-likeness (QED) is 0.409. The Morgan fingerprint density at radius 3 is 2.46 bits per heavy atom. The van der Waals surface area contributed by atoms with Gasteiger partial charge in [-0.15, -0.1) is 0 Å². The largest absolute Gasteiger partial charge is 0.449 e. The SMILES string of the molecule is O=C1NC(=S)N(c2ccc(F)cc2)C(=O)/C1=C/c1cc(Br)c(Br)o1. The summed E-state index contributed by atoms with van der Waals surface area (Å²) in [6.45, 7) is 0. The minimum absolute atomic E-state index is 0.0736. The predicted molar refractivity (Wildman–Crippen MR) is 96.7 cm³/mol. The van der Waals surface area contributed by atoms with Gasteiger partial charge in [-0.1, -0.05) is 0 Å². The van der Waals surface area contributed by atoms with Crippen LogP contribution < -0.4 is 10.2 Å². The molecule has 2 heterocycles. The second-order valence-corrected chi connectivity index (χ2v) is 6.67. The van der Waals surface area contributed by atoms with Crippen molar-refractivity contribution >= 4 is 72.8 Å². The molecule has 0 radical (unpaired) electrons. The van der Waals surface area contributed by atoms with Crippen molar-refractivity contribution in [3.63, 3.8) is 0 Å². The number of hydrogen-bond acceptors (Lipinski definition) is 4. The molecule has 2 amide bonds. The molecule has 122 valence electrons. The van der Waals surface area contributed by atoms with Crippen molar-refractivity contribution in [1.29, 1.82) is 0 Å². The lowest BCUT2D eigenvalue weighted by molar-refractivity contribution is -0.122. The van der Waals surface area contributed by atoms with Gasteiger partial charge >= 0.3 is 0 Å². The summed E-state index contributed by atoms with van der Waals surface area (Å²) in [4.78, 5) is 25.9. The Labute approximate surface area is 157 Å². The van der Waals surface area contributed by atoms with Crippen LogP contribution in [0.15, 0.2) is 49.5 Å². The van der Waals surface area contributed by atoms with Gasteiger partial charge in [0.25, 0.3) is 11.8 Å². The van der Waals surface area contributed by atoms with Crippen LogP contribution >= 0.6 is 44.1 Å². The number of thiocarbonyl (C=S) groups is 1. The lowest BCUT2D eigenvalue weighted by Gasteiger charge is -2.28. The van der Waals surface area contributed by atoms with E-state index in [1.54, 1.807) is 6.07 Å². The van der Waals surface area contributed by atoms with E-state index >= 15 is 0 Å².